The molecule has 0 radical (unpaired) electrons. The molecule has 0 aliphatic heterocycles. The van der Waals surface area contributed by atoms with E-state index in [2.05, 4.69) is 10.6 Å². The minimum atomic E-state index is -2.55. The van der Waals surface area contributed by atoms with Crippen LogP contribution in [0.3, 0.4) is 0 Å². The molecule has 0 heterocycles. The molecular weight excluding hydrogens is 298 g/mol. The molecule has 0 bridgehead atoms. The molecule has 0 aliphatic carbocycles. The van der Waals surface area contributed by atoms with Crippen LogP contribution in [0.15, 0.2) is 29.2 Å². The van der Waals surface area contributed by atoms with E-state index in [0.29, 0.717) is 28.9 Å². The van der Waals surface area contributed by atoms with Crippen molar-refractivity contribution in [1.82, 2.24) is 5.32 Å². The number of carbonyl (C=O) groups is 2. The monoisotopic (exact) mass is 316 g/mol. The molecule has 7 heteroatoms. The average Bonchev–Trinajstić information content (AvgIpc) is 2.44. The number of hydrogen-bond acceptors (Lipinski definition) is 3. The SMILES string of the molecule is CCCNC(=O)CCC(=O)Nc1ccccc1SC(F)F. The van der Waals surface area contributed by atoms with Crippen molar-refractivity contribution < 1.29 is 18.4 Å². The van der Waals surface area contributed by atoms with Gasteiger partial charge < -0.3 is 10.6 Å². The number of nitrogens with one attached hydrogen (secondary N) is 2. The summed E-state index contributed by atoms with van der Waals surface area (Å²) in [6, 6.07) is 6.35. The lowest BCUT2D eigenvalue weighted by Gasteiger charge is -2.10. The van der Waals surface area contributed by atoms with E-state index in [1.807, 2.05) is 6.92 Å². The number of carbonyl (C=O) groups excluding carboxylic acids is 2. The molecule has 0 atom stereocenters. The van der Waals surface area contributed by atoms with Crippen LogP contribution in [0.5, 0.6) is 0 Å². The maximum absolute atomic E-state index is 12.4. The van der Waals surface area contributed by atoms with Gasteiger partial charge in [0.1, 0.15) is 0 Å². The molecule has 0 unspecified atom stereocenters. The van der Waals surface area contributed by atoms with Gasteiger partial charge in [-0.3, -0.25) is 9.59 Å². The Morgan fingerprint density at radius 3 is 2.52 bits per heavy atom. The molecule has 1 aromatic rings. The smallest absolute Gasteiger partial charge is 0.288 e. The number of halogens is 2. The quantitative estimate of drug-likeness (QED) is 0.724. The van der Waals surface area contributed by atoms with E-state index in [0.717, 1.165) is 6.42 Å². The summed E-state index contributed by atoms with van der Waals surface area (Å²) in [6.07, 6.45) is 0.926. The third-order valence-corrected chi connectivity index (χ3v) is 3.32. The van der Waals surface area contributed by atoms with Gasteiger partial charge >= 0.3 is 0 Å². The molecule has 0 saturated heterocycles. The van der Waals surface area contributed by atoms with Crippen LogP contribution in [0.4, 0.5) is 14.5 Å². The molecule has 2 amide bonds. The molecule has 1 rings (SSSR count). The largest absolute Gasteiger partial charge is 0.356 e. The molecular formula is C14H18F2N2O2S. The Hall–Kier alpha value is -1.63. The first-order valence-electron chi connectivity index (χ1n) is 6.63. The fraction of sp³-hybridized carbons (Fsp3) is 0.429. The van der Waals surface area contributed by atoms with E-state index in [9.17, 15) is 18.4 Å². The van der Waals surface area contributed by atoms with Gasteiger partial charge in [-0.1, -0.05) is 30.8 Å². The van der Waals surface area contributed by atoms with E-state index in [1.54, 1.807) is 18.2 Å². The highest BCUT2D eigenvalue weighted by Crippen LogP contribution is 2.31. The maximum Gasteiger partial charge on any atom is 0.288 e. The van der Waals surface area contributed by atoms with Gasteiger partial charge in [0.25, 0.3) is 5.76 Å². The molecule has 0 aromatic heterocycles. The van der Waals surface area contributed by atoms with Crippen LogP contribution in [0.25, 0.3) is 0 Å². The summed E-state index contributed by atoms with van der Waals surface area (Å²) in [5.74, 6) is -3.12. The number of amides is 2. The van der Waals surface area contributed by atoms with Gasteiger partial charge in [0.2, 0.25) is 11.8 Å². The number of thioether (sulfide) groups is 1. The zero-order valence-corrected chi connectivity index (χ0v) is 12.5. The lowest BCUT2D eigenvalue weighted by molar-refractivity contribution is -0.124. The maximum atomic E-state index is 12.4. The van der Waals surface area contributed by atoms with Crippen molar-refractivity contribution in [2.75, 3.05) is 11.9 Å². The van der Waals surface area contributed by atoms with Crippen LogP contribution >= 0.6 is 11.8 Å². The number of benzene rings is 1. The first kappa shape index (κ1) is 17.4. The molecule has 0 aliphatic rings. The van der Waals surface area contributed by atoms with Crippen LogP contribution in [-0.4, -0.2) is 24.1 Å². The van der Waals surface area contributed by atoms with Gasteiger partial charge in [-0.2, -0.15) is 8.78 Å². The Balaban J connectivity index is 2.49. The Morgan fingerprint density at radius 1 is 1.19 bits per heavy atom. The number of alkyl halides is 2. The number of hydrogen-bond donors (Lipinski definition) is 2. The van der Waals surface area contributed by atoms with Crippen LogP contribution in [0, 0.1) is 0 Å². The molecule has 0 saturated carbocycles. The van der Waals surface area contributed by atoms with Gasteiger partial charge in [-0.15, -0.1) is 0 Å². The van der Waals surface area contributed by atoms with Crippen molar-refractivity contribution >= 4 is 29.3 Å². The van der Waals surface area contributed by atoms with Gasteiger partial charge in [0.15, 0.2) is 0 Å². The van der Waals surface area contributed by atoms with E-state index >= 15 is 0 Å². The van der Waals surface area contributed by atoms with Crippen LogP contribution in [-0.2, 0) is 9.59 Å². The van der Waals surface area contributed by atoms with Gasteiger partial charge in [-0.05, 0) is 18.6 Å². The molecule has 2 N–H and O–H groups in total. The summed E-state index contributed by atoms with van der Waals surface area (Å²) < 4.78 is 24.8. The van der Waals surface area contributed by atoms with Crippen LogP contribution in [0.2, 0.25) is 0 Å². The fourth-order valence-corrected chi connectivity index (χ4v) is 2.16. The Kier molecular flexibility index (Phi) is 7.74. The van der Waals surface area contributed by atoms with Gasteiger partial charge in [0.05, 0.1) is 5.69 Å². The third kappa shape index (κ3) is 7.08. The molecule has 0 fully saturated rings. The predicted molar refractivity (Wildman–Crippen MR) is 79.5 cm³/mol. The predicted octanol–water partition coefficient (Wildman–Crippen LogP) is 3.25. The number of para-hydroxylation sites is 1. The van der Waals surface area contributed by atoms with Crippen LogP contribution in [0.1, 0.15) is 26.2 Å². The number of rotatable bonds is 8. The highest BCUT2D eigenvalue weighted by atomic mass is 32.2. The molecule has 0 spiro atoms. The average molecular weight is 316 g/mol. The Labute approximate surface area is 126 Å². The third-order valence-electron chi connectivity index (χ3n) is 2.53. The van der Waals surface area contributed by atoms with E-state index in [4.69, 9.17) is 0 Å². The lowest BCUT2D eigenvalue weighted by Crippen LogP contribution is -2.25. The minimum absolute atomic E-state index is 0.0171. The van der Waals surface area contributed by atoms with Crippen molar-refractivity contribution in [2.24, 2.45) is 0 Å². The van der Waals surface area contributed by atoms with Crippen molar-refractivity contribution in [2.45, 2.75) is 36.8 Å². The second-order valence-electron chi connectivity index (χ2n) is 4.27. The lowest BCUT2D eigenvalue weighted by atomic mass is 10.2. The second kappa shape index (κ2) is 9.33. The van der Waals surface area contributed by atoms with E-state index in [-0.39, 0.29) is 24.7 Å². The Morgan fingerprint density at radius 2 is 1.86 bits per heavy atom. The summed E-state index contributed by atoms with van der Waals surface area (Å²) in [6.45, 7) is 2.51. The number of anilines is 1. The second-order valence-corrected chi connectivity index (χ2v) is 5.30. The van der Waals surface area contributed by atoms with Crippen molar-refractivity contribution in [3.8, 4) is 0 Å². The topological polar surface area (TPSA) is 58.2 Å². The van der Waals surface area contributed by atoms with Crippen LogP contribution < -0.4 is 10.6 Å². The Bertz CT molecular complexity index is 484. The van der Waals surface area contributed by atoms with Crippen molar-refractivity contribution in [1.29, 1.82) is 0 Å². The molecule has 21 heavy (non-hydrogen) atoms. The molecule has 116 valence electrons. The highest BCUT2D eigenvalue weighted by molar-refractivity contribution is 7.99. The first-order valence-corrected chi connectivity index (χ1v) is 7.51. The van der Waals surface area contributed by atoms with Gasteiger partial charge in [-0.25, -0.2) is 0 Å². The van der Waals surface area contributed by atoms with Crippen molar-refractivity contribution in [3.63, 3.8) is 0 Å². The highest BCUT2D eigenvalue weighted by Gasteiger charge is 2.12. The standard InChI is InChI=1S/C14H18F2N2O2S/c1-2-9-17-12(19)7-8-13(20)18-10-5-3-4-6-11(10)21-14(15)16/h3-6,14H,2,7-9H2,1H3,(H,17,19)(H,18,20). The van der Waals surface area contributed by atoms with Gasteiger partial charge in [0, 0.05) is 24.3 Å². The summed E-state index contributed by atoms with van der Waals surface area (Å²) >= 11 is 0.375. The normalized spacial score (nSPS) is 10.5. The summed E-state index contributed by atoms with van der Waals surface area (Å²) in [5, 5.41) is 5.22. The molecule has 4 nitrogen and oxygen atoms in total. The van der Waals surface area contributed by atoms with E-state index < -0.39 is 5.76 Å². The first-order chi connectivity index (χ1) is 10.0. The van der Waals surface area contributed by atoms with E-state index in [1.165, 1.54) is 6.07 Å². The minimum Gasteiger partial charge on any atom is -0.356 e. The molecule has 1 aromatic carbocycles. The summed E-state index contributed by atoms with van der Waals surface area (Å²) in [4.78, 5) is 23.4. The summed E-state index contributed by atoms with van der Waals surface area (Å²) in [7, 11) is 0. The zero-order valence-electron chi connectivity index (χ0n) is 11.7. The zero-order chi connectivity index (χ0) is 15.7. The fourth-order valence-electron chi connectivity index (χ4n) is 1.56. The van der Waals surface area contributed by atoms with Crippen molar-refractivity contribution in [3.05, 3.63) is 24.3 Å². The summed E-state index contributed by atoms with van der Waals surface area (Å²) in [5.41, 5.74) is 0.335.